The van der Waals surface area contributed by atoms with E-state index in [1.807, 2.05) is 38.4 Å². The highest BCUT2D eigenvalue weighted by Gasteiger charge is 2.20. The van der Waals surface area contributed by atoms with Gasteiger partial charge in [-0.2, -0.15) is 5.10 Å². The quantitative estimate of drug-likeness (QED) is 0.607. The van der Waals surface area contributed by atoms with Gasteiger partial charge in [0, 0.05) is 23.9 Å². The lowest BCUT2D eigenvalue weighted by Gasteiger charge is -2.15. The van der Waals surface area contributed by atoms with Gasteiger partial charge in [-0.05, 0) is 25.8 Å². The summed E-state index contributed by atoms with van der Waals surface area (Å²) in [6, 6.07) is 5.18. The van der Waals surface area contributed by atoms with Crippen LogP contribution in [0.15, 0.2) is 24.4 Å². The van der Waals surface area contributed by atoms with Gasteiger partial charge in [-0.1, -0.05) is 25.4 Å². The van der Waals surface area contributed by atoms with Crippen LogP contribution in [0.2, 0.25) is 5.02 Å². The van der Waals surface area contributed by atoms with E-state index in [4.69, 9.17) is 26.1 Å². The summed E-state index contributed by atoms with van der Waals surface area (Å²) in [5.41, 5.74) is 2.48. The number of pyridine rings is 1. The van der Waals surface area contributed by atoms with Gasteiger partial charge in [0.25, 0.3) is 5.91 Å². The number of nitrogens with one attached hydrogen (secondary N) is 1. The van der Waals surface area contributed by atoms with Crippen molar-refractivity contribution in [2.75, 3.05) is 19.5 Å². The highest BCUT2D eigenvalue weighted by molar-refractivity contribution is 6.32. The zero-order valence-corrected chi connectivity index (χ0v) is 18.2. The Hall–Kier alpha value is -2.80. The smallest absolute Gasteiger partial charge is 0.256 e. The first-order valence-electron chi connectivity index (χ1n) is 9.37. The third-order valence-electron chi connectivity index (χ3n) is 4.63. The van der Waals surface area contributed by atoms with E-state index in [0.29, 0.717) is 38.8 Å². The molecule has 8 heteroatoms. The van der Waals surface area contributed by atoms with Crippen molar-refractivity contribution in [3.05, 3.63) is 40.7 Å². The van der Waals surface area contributed by atoms with Gasteiger partial charge in [0.1, 0.15) is 11.5 Å². The molecule has 1 aromatic carbocycles. The third kappa shape index (κ3) is 4.00. The highest BCUT2D eigenvalue weighted by atomic mass is 35.5. The first-order chi connectivity index (χ1) is 13.8. The molecule has 0 fully saturated rings. The number of aromatic nitrogens is 3. The average Bonchev–Trinajstić information content (AvgIpc) is 3.12. The zero-order valence-electron chi connectivity index (χ0n) is 17.4. The van der Waals surface area contributed by atoms with Gasteiger partial charge in [-0.3, -0.25) is 4.79 Å². The number of carbonyl (C=O) groups is 1. The summed E-state index contributed by atoms with van der Waals surface area (Å²) in [6.07, 6.45) is 1.68. The van der Waals surface area contributed by atoms with Crippen molar-refractivity contribution >= 4 is 34.2 Å². The van der Waals surface area contributed by atoms with E-state index in [9.17, 15) is 4.79 Å². The van der Waals surface area contributed by atoms with Crippen molar-refractivity contribution in [1.29, 1.82) is 0 Å². The van der Waals surface area contributed by atoms with Crippen LogP contribution >= 0.6 is 11.6 Å². The summed E-state index contributed by atoms with van der Waals surface area (Å²) < 4.78 is 12.4. The maximum Gasteiger partial charge on any atom is 0.256 e. The monoisotopic (exact) mass is 416 g/mol. The van der Waals surface area contributed by atoms with Crippen LogP contribution in [0.3, 0.4) is 0 Å². The second-order valence-electron chi connectivity index (χ2n) is 7.31. The Labute approximate surface area is 175 Å². The number of benzene rings is 1. The SMILES string of the molecule is COc1cc(NC(=O)c2cc(C(C)C)nc3c2cnn3C(C)C)c(OC)cc1Cl. The molecule has 3 rings (SSSR count). The molecule has 0 aliphatic carbocycles. The topological polar surface area (TPSA) is 78.3 Å². The molecule has 2 heterocycles. The fourth-order valence-corrected chi connectivity index (χ4v) is 3.28. The predicted molar refractivity (Wildman–Crippen MR) is 115 cm³/mol. The van der Waals surface area contributed by atoms with Gasteiger partial charge in [-0.15, -0.1) is 0 Å². The van der Waals surface area contributed by atoms with E-state index in [1.54, 1.807) is 18.3 Å². The normalized spacial score (nSPS) is 11.3. The van der Waals surface area contributed by atoms with Crippen molar-refractivity contribution in [2.24, 2.45) is 0 Å². The van der Waals surface area contributed by atoms with E-state index in [1.165, 1.54) is 14.2 Å². The molecule has 0 aliphatic heterocycles. The summed E-state index contributed by atoms with van der Waals surface area (Å²) in [5.74, 6) is 0.756. The number of nitrogens with zero attached hydrogens (tertiary/aromatic N) is 3. The number of rotatable bonds is 6. The van der Waals surface area contributed by atoms with Gasteiger partial charge >= 0.3 is 0 Å². The maximum atomic E-state index is 13.2. The van der Waals surface area contributed by atoms with E-state index >= 15 is 0 Å². The van der Waals surface area contributed by atoms with Crippen molar-refractivity contribution in [2.45, 2.75) is 39.7 Å². The molecule has 7 nitrogen and oxygen atoms in total. The van der Waals surface area contributed by atoms with Crippen LogP contribution in [0.5, 0.6) is 11.5 Å². The van der Waals surface area contributed by atoms with Crippen molar-refractivity contribution in [3.63, 3.8) is 0 Å². The highest BCUT2D eigenvalue weighted by Crippen LogP contribution is 2.36. The Morgan fingerprint density at radius 3 is 2.38 bits per heavy atom. The van der Waals surface area contributed by atoms with Gasteiger partial charge in [0.2, 0.25) is 0 Å². The number of amides is 1. The van der Waals surface area contributed by atoms with Crippen LogP contribution in [0.4, 0.5) is 5.69 Å². The minimum atomic E-state index is -0.287. The first-order valence-corrected chi connectivity index (χ1v) is 9.75. The summed E-state index contributed by atoms with van der Waals surface area (Å²) in [7, 11) is 3.03. The fourth-order valence-electron chi connectivity index (χ4n) is 3.05. The molecular formula is C21H25ClN4O3. The Morgan fingerprint density at radius 1 is 1.10 bits per heavy atom. The maximum absolute atomic E-state index is 13.2. The molecule has 0 saturated heterocycles. The van der Waals surface area contributed by atoms with Crippen LogP contribution in [0.25, 0.3) is 11.0 Å². The molecule has 3 aromatic rings. The molecule has 2 aromatic heterocycles. The molecule has 0 saturated carbocycles. The molecule has 0 spiro atoms. The van der Waals surface area contributed by atoms with Gasteiger partial charge in [-0.25, -0.2) is 9.67 Å². The second-order valence-corrected chi connectivity index (χ2v) is 7.72. The summed E-state index contributed by atoms with van der Waals surface area (Å²) in [6.45, 7) is 8.14. The van der Waals surface area contributed by atoms with Gasteiger partial charge in [0.15, 0.2) is 5.65 Å². The molecule has 0 unspecified atom stereocenters. The van der Waals surface area contributed by atoms with E-state index < -0.39 is 0 Å². The Bertz CT molecular complexity index is 1060. The number of hydrogen-bond donors (Lipinski definition) is 1. The lowest BCUT2D eigenvalue weighted by molar-refractivity contribution is 0.102. The minimum Gasteiger partial charge on any atom is -0.495 e. The third-order valence-corrected chi connectivity index (χ3v) is 4.93. The second kappa shape index (κ2) is 8.29. The first kappa shape index (κ1) is 20.9. The Morgan fingerprint density at radius 2 is 1.79 bits per heavy atom. The zero-order chi connectivity index (χ0) is 21.3. The van der Waals surface area contributed by atoms with Crippen LogP contribution in [-0.2, 0) is 0 Å². The fraction of sp³-hybridized carbons (Fsp3) is 0.381. The lowest BCUT2D eigenvalue weighted by atomic mass is 10.0. The van der Waals surface area contributed by atoms with E-state index in [0.717, 1.165) is 5.69 Å². The number of halogens is 1. The number of methoxy groups -OCH3 is 2. The molecule has 154 valence electrons. The minimum absolute atomic E-state index is 0.124. The predicted octanol–water partition coefficient (Wildman–Crippen LogP) is 5.06. The van der Waals surface area contributed by atoms with E-state index in [2.05, 4.69) is 10.4 Å². The molecule has 0 bridgehead atoms. The molecular weight excluding hydrogens is 392 g/mol. The summed E-state index contributed by atoms with van der Waals surface area (Å²) >= 11 is 6.16. The van der Waals surface area contributed by atoms with E-state index in [-0.39, 0.29) is 17.9 Å². The van der Waals surface area contributed by atoms with Crippen molar-refractivity contribution in [3.8, 4) is 11.5 Å². The Balaban J connectivity index is 2.10. The number of fused-ring (bicyclic) bond motifs is 1. The van der Waals surface area contributed by atoms with Crippen LogP contribution in [-0.4, -0.2) is 34.9 Å². The number of hydrogen-bond acceptors (Lipinski definition) is 5. The molecule has 1 N–H and O–H groups in total. The van der Waals surface area contributed by atoms with Crippen LogP contribution in [0.1, 0.15) is 55.7 Å². The average molecular weight is 417 g/mol. The molecule has 0 atom stereocenters. The number of anilines is 1. The Kier molecular flexibility index (Phi) is 5.98. The van der Waals surface area contributed by atoms with Crippen molar-refractivity contribution < 1.29 is 14.3 Å². The number of carbonyl (C=O) groups excluding carboxylic acids is 1. The number of ether oxygens (including phenoxy) is 2. The summed E-state index contributed by atoms with van der Waals surface area (Å²) in [5, 5.41) is 8.43. The van der Waals surface area contributed by atoms with Crippen LogP contribution < -0.4 is 14.8 Å². The molecule has 29 heavy (non-hydrogen) atoms. The largest absolute Gasteiger partial charge is 0.495 e. The van der Waals surface area contributed by atoms with Gasteiger partial charge < -0.3 is 14.8 Å². The van der Waals surface area contributed by atoms with Crippen molar-refractivity contribution in [1.82, 2.24) is 14.8 Å². The molecule has 1 amide bonds. The molecule has 0 radical (unpaired) electrons. The van der Waals surface area contributed by atoms with Crippen LogP contribution in [0, 0.1) is 0 Å². The standard InChI is InChI=1S/C21H25ClN4O3/c1-11(2)16-7-13(14-10-23-26(12(3)4)20(14)24-16)21(27)25-17-9-18(28-5)15(22)8-19(17)29-6/h7-12H,1-6H3,(H,25,27). The van der Waals surface area contributed by atoms with Gasteiger partial charge in [0.05, 0.1) is 42.1 Å². The summed E-state index contributed by atoms with van der Waals surface area (Å²) in [4.78, 5) is 18.0. The lowest BCUT2D eigenvalue weighted by Crippen LogP contribution is -2.15. The molecule has 0 aliphatic rings.